The van der Waals surface area contributed by atoms with Gasteiger partial charge in [0.1, 0.15) is 18.4 Å². The second kappa shape index (κ2) is 10.2. The van der Waals surface area contributed by atoms with Gasteiger partial charge in [0.15, 0.2) is 0 Å². The van der Waals surface area contributed by atoms with Crippen LogP contribution in [0.4, 0.5) is 0 Å². The summed E-state index contributed by atoms with van der Waals surface area (Å²) in [6.07, 6.45) is 2.91. The number of aliphatic hydroxyl groups excluding tert-OH is 1. The zero-order chi connectivity index (χ0) is 16.4. The third kappa shape index (κ3) is 6.91. The van der Waals surface area contributed by atoms with E-state index in [1.54, 1.807) is 13.0 Å². The molecule has 1 N–H and O–H groups in total. The number of benzene rings is 1. The van der Waals surface area contributed by atoms with Gasteiger partial charge in [-0.3, -0.25) is 0 Å². The van der Waals surface area contributed by atoms with Gasteiger partial charge in [-0.1, -0.05) is 29.8 Å². The minimum Gasteiger partial charge on any atom is -0.595 e. The Hall–Kier alpha value is -1.59. The Labute approximate surface area is 144 Å². The Morgan fingerprint density at radius 2 is 2.32 bits per heavy atom. The van der Waals surface area contributed by atoms with Crippen LogP contribution in [0.1, 0.15) is 25.8 Å². The van der Waals surface area contributed by atoms with Gasteiger partial charge in [-0.15, -0.1) is 0 Å². The second-order valence-corrected chi connectivity index (χ2v) is 5.12. The molecule has 22 heavy (non-hydrogen) atoms. The van der Waals surface area contributed by atoms with Crippen molar-refractivity contribution < 1.29 is 14.7 Å². The number of azo groups is 1. The van der Waals surface area contributed by atoms with E-state index >= 15 is 0 Å². The van der Waals surface area contributed by atoms with Crippen LogP contribution in [0.25, 0.3) is 6.08 Å². The van der Waals surface area contributed by atoms with Crippen molar-refractivity contribution in [1.29, 1.82) is 0 Å². The third-order valence-electron chi connectivity index (χ3n) is 2.87. The molecule has 0 fully saturated rings. The molecule has 0 aromatic heterocycles. The van der Waals surface area contributed by atoms with Crippen molar-refractivity contribution in [3.8, 4) is 15.6 Å². The molecule has 0 bridgehead atoms. The topological polar surface area (TPSA) is 67.9 Å². The summed E-state index contributed by atoms with van der Waals surface area (Å²) in [5.74, 6) is 3.49. The van der Waals surface area contributed by atoms with E-state index < -0.39 is 12.1 Å². The summed E-state index contributed by atoms with van der Waals surface area (Å²) in [6.45, 7) is 3.82. The van der Waals surface area contributed by atoms with Crippen molar-refractivity contribution in [3.05, 3.63) is 41.2 Å². The first-order valence-corrected chi connectivity index (χ1v) is 7.99. The van der Waals surface area contributed by atoms with Gasteiger partial charge in [0.2, 0.25) is 6.20 Å². The molecule has 2 atom stereocenters. The minimum atomic E-state index is -0.648. The van der Waals surface area contributed by atoms with Crippen molar-refractivity contribution in [1.82, 2.24) is 0 Å². The highest BCUT2D eigenvalue weighted by Crippen LogP contribution is 2.14. The van der Waals surface area contributed by atoms with E-state index in [0.29, 0.717) is 23.6 Å². The fourth-order valence-electron chi connectivity index (χ4n) is 1.71. The van der Waals surface area contributed by atoms with Crippen LogP contribution in [-0.4, -0.2) is 28.7 Å². The Morgan fingerprint density at radius 3 is 2.95 bits per heavy atom. The predicted octanol–water partition coefficient (Wildman–Crippen LogP) is 3.55. The molecule has 0 aliphatic heterocycles. The molecular formula is C16H19IN2O3. The third-order valence-corrected chi connectivity index (χ3v) is 3.25. The summed E-state index contributed by atoms with van der Waals surface area (Å²) in [5, 5.41) is 25.0. The summed E-state index contributed by atoms with van der Waals surface area (Å²) in [7, 11) is 0. The van der Waals surface area contributed by atoms with E-state index in [9.17, 15) is 10.3 Å². The molecule has 2 unspecified atom stereocenters. The monoisotopic (exact) mass is 414 g/mol. The van der Waals surface area contributed by atoms with Crippen LogP contribution in [0.3, 0.4) is 0 Å². The summed E-state index contributed by atoms with van der Waals surface area (Å²) in [5.41, 5.74) is 0.820. The lowest BCUT2D eigenvalue weighted by Gasteiger charge is -2.09. The van der Waals surface area contributed by atoms with Gasteiger partial charge in [-0.05, 0) is 40.1 Å². The van der Waals surface area contributed by atoms with E-state index in [2.05, 4.69) is 15.0 Å². The smallest absolute Gasteiger partial charge is 0.210 e. The Kier molecular flexibility index (Phi) is 8.55. The lowest BCUT2D eigenvalue weighted by Crippen LogP contribution is -2.21. The van der Waals surface area contributed by atoms with E-state index in [-0.39, 0.29) is 0 Å². The number of halogens is 1. The molecule has 0 saturated carbocycles. The van der Waals surface area contributed by atoms with Crippen molar-refractivity contribution in [3.63, 3.8) is 0 Å². The van der Waals surface area contributed by atoms with E-state index in [4.69, 9.17) is 4.74 Å². The van der Waals surface area contributed by atoms with Gasteiger partial charge in [0.25, 0.3) is 0 Å². The molecule has 1 aromatic carbocycles. The molecule has 0 spiro atoms. The maximum absolute atomic E-state index is 11.7. The van der Waals surface area contributed by atoms with Gasteiger partial charge in [0.05, 0.1) is 6.10 Å². The highest BCUT2D eigenvalue weighted by atomic mass is 127. The predicted molar refractivity (Wildman–Crippen MR) is 94.6 cm³/mol. The lowest BCUT2D eigenvalue weighted by atomic mass is 10.1. The first-order chi connectivity index (χ1) is 10.6. The summed E-state index contributed by atoms with van der Waals surface area (Å²) < 4.78 is 8.17. The quantitative estimate of drug-likeness (QED) is 0.244. The van der Waals surface area contributed by atoms with Crippen LogP contribution in [0.5, 0.6) is 5.75 Å². The van der Waals surface area contributed by atoms with Gasteiger partial charge in [-0.25, -0.2) is 0 Å². The number of ether oxygens (including phenoxy) is 1. The highest BCUT2D eigenvalue weighted by molar-refractivity contribution is 14.1. The summed E-state index contributed by atoms with van der Waals surface area (Å²) in [6, 6.07) is 6.93. The van der Waals surface area contributed by atoms with E-state index in [1.807, 2.05) is 53.8 Å². The van der Waals surface area contributed by atoms with Crippen molar-refractivity contribution in [2.45, 2.75) is 32.4 Å². The fourth-order valence-corrected chi connectivity index (χ4v) is 1.86. The summed E-state index contributed by atoms with van der Waals surface area (Å²) >= 11 is 1.95. The average Bonchev–Trinajstić information content (AvgIpc) is 2.51. The Balaban J connectivity index is 2.74. The van der Waals surface area contributed by atoms with Gasteiger partial charge < -0.3 is 15.1 Å². The van der Waals surface area contributed by atoms with E-state index in [0.717, 1.165) is 5.56 Å². The highest BCUT2D eigenvalue weighted by Gasteiger charge is 2.14. The summed E-state index contributed by atoms with van der Waals surface area (Å²) in [4.78, 5) is 0.482. The fraction of sp³-hybridized carbons (Fsp3) is 0.375. The molecule has 0 amide bonds. The molecular weight excluding hydrogens is 395 g/mol. The van der Waals surface area contributed by atoms with Crippen LogP contribution < -0.4 is 4.74 Å². The zero-order valence-electron chi connectivity index (χ0n) is 12.6. The number of aliphatic hydroxyl groups is 1. The maximum Gasteiger partial charge on any atom is 0.210 e. The molecule has 6 heteroatoms. The number of hydrogen-bond acceptors (Lipinski definition) is 4. The van der Waals surface area contributed by atoms with Gasteiger partial charge >= 0.3 is 0 Å². The van der Waals surface area contributed by atoms with Crippen LogP contribution >= 0.6 is 22.6 Å². The standard InChI is InChI=1S/C16H19IN2O3/c1-3-16(13(2)20)18-19(21)10-8-14-6-4-7-15(12-14)22-11-5-9-17/h4,6-8,10,12-13,16,20H,3,11H2,1-2H3/b10-8+,19-18?. The van der Waals surface area contributed by atoms with Crippen LogP contribution in [0.15, 0.2) is 35.6 Å². The molecule has 0 saturated heterocycles. The molecule has 0 radical (unpaired) electrons. The Bertz CT molecular complexity index is 589. The van der Waals surface area contributed by atoms with Crippen LogP contribution in [-0.2, 0) is 0 Å². The van der Waals surface area contributed by atoms with Crippen LogP contribution in [0, 0.1) is 15.1 Å². The largest absolute Gasteiger partial charge is 0.595 e. The Morgan fingerprint density at radius 1 is 1.55 bits per heavy atom. The van der Waals surface area contributed by atoms with E-state index in [1.165, 1.54) is 6.20 Å². The minimum absolute atomic E-state index is 0.325. The molecule has 1 aromatic rings. The number of rotatable bonds is 7. The average molecular weight is 414 g/mol. The number of hydroxylamine groups is 1. The molecule has 1 rings (SSSR count). The first-order valence-electron chi connectivity index (χ1n) is 6.91. The van der Waals surface area contributed by atoms with Gasteiger partial charge in [0, 0.05) is 28.7 Å². The van der Waals surface area contributed by atoms with Gasteiger partial charge in [-0.2, -0.15) is 0 Å². The van der Waals surface area contributed by atoms with Crippen molar-refractivity contribution in [2.75, 3.05) is 6.61 Å². The molecule has 0 aliphatic carbocycles. The molecule has 5 nitrogen and oxygen atoms in total. The van der Waals surface area contributed by atoms with Crippen molar-refractivity contribution >= 4 is 28.7 Å². The SMILES string of the molecule is CCC(N=[N+]([O-])/C=C/c1cccc(OCC#CI)c1)C(C)O. The lowest BCUT2D eigenvalue weighted by molar-refractivity contribution is -0.462. The normalized spacial score (nSPS) is 14.3. The molecule has 118 valence electrons. The zero-order valence-corrected chi connectivity index (χ0v) is 14.7. The van der Waals surface area contributed by atoms with Crippen molar-refractivity contribution in [2.24, 2.45) is 5.11 Å². The second-order valence-electron chi connectivity index (χ2n) is 4.58. The van der Waals surface area contributed by atoms with Crippen LogP contribution in [0.2, 0.25) is 0 Å². The molecule has 0 heterocycles. The number of hydrogen-bond donors (Lipinski definition) is 1. The molecule has 0 aliphatic rings. The first kappa shape index (κ1) is 18.5. The number of nitrogens with zero attached hydrogens (tertiary/aromatic N) is 2. The maximum atomic E-state index is 11.7.